The second-order valence-electron chi connectivity index (χ2n) is 5.99. The second kappa shape index (κ2) is 6.21. The van der Waals surface area contributed by atoms with Crippen molar-refractivity contribution in [1.82, 2.24) is 15.0 Å². The van der Waals surface area contributed by atoms with E-state index in [1.807, 2.05) is 4.68 Å². The van der Waals surface area contributed by atoms with E-state index in [-0.39, 0.29) is 6.10 Å². The Labute approximate surface area is 142 Å². The molecule has 0 amide bonds. The molecule has 1 aromatic heterocycles. The number of ether oxygens (including phenoxy) is 1. The van der Waals surface area contributed by atoms with E-state index in [0.717, 1.165) is 29.9 Å². The zero-order valence-electron chi connectivity index (χ0n) is 14.1. The van der Waals surface area contributed by atoms with Gasteiger partial charge >= 0.3 is 0 Å². The van der Waals surface area contributed by atoms with Gasteiger partial charge in [0.1, 0.15) is 5.69 Å². The van der Waals surface area contributed by atoms with Crippen LogP contribution in [-0.2, 0) is 17.7 Å². The molecule has 1 heterocycles. The smallest absolute Gasteiger partial charge is 0.121 e. The summed E-state index contributed by atoms with van der Waals surface area (Å²) in [6.45, 7) is 5.64. The maximum atomic E-state index is 6.12. The highest BCUT2D eigenvalue weighted by atomic mass is 16.5. The van der Waals surface area contributed by atoms with Crippen molar-refractivity contribution in [3.05, 3.63) is 59.7 Å². The van der Waals surface area contributed by atoms with Crippen molar-refractivity contribution in [2.75, 3.05) is 6.61 Å². The number of aryl methyl sites for hydroxylation is 1. The summed E-state index contributed by atoms with van der Waals surface area (Å²) in [6, 6.07) is 16.9. The molecule has 24 heavy (non-hydrogen) atoms. The van der Waals surface area contributed by atoms with E-state index in [4.69, 9.17) is 4.74 Å². The molecule has 0 bridgehead atoms. The summed E-state index contributed by atoms with van der Waals surface area (Å²) in [5.74, 6) is 0. The molecule has 1 aliphatic carbocycles. The topological polar surface area (TPSA) is 39.9 Å². The molecule has 4 rings (SSSR count). The van der Waals surface area contributed by atoms with Gasteiger partial charge in [0.15, 0.2) is 0 Å². The third-order valence-corrected chi connectivity index (χ3v) is 4.64. The maximum absolute atomic E-state index is 6.12. The molecule has 0 fully saturated rings. The lowest BCUT2D eigenvalue weighted by Crippen LogP contribution is -2.13. The largest absolute Gasteiger partial charge is 0.373 e. The summed E-state index contributed by atoms with van der Waals surface area (Å²) in [4.78, 5) is 0. The van der Waals surface area contributed by atoms with E-state index in [0.29, 0.717) is 6.61 Å². The lowest BCUT2D eigenvalue weighted by molar-refractivity contribution is 0.0632. The average molecular weight is 319 g/mol. The van der Waals surface area contributed by atoms with Crippen LogP contribution in [0.2, 0.25) is 0 Å². The SMILES string of the molecule is CCOC1Cc2ccccc2-c2nnn(CC)c2-c2ccccc21. The van der Waals surface area contributed by atoms with Crippen molar-refractivity contribution in [2.24, 2.45) is 0 Å². The average Bonchev–Trinajstić information content (AvgIpc) is 3.04. The van der Waals surface area contributed by atoms with Crippen molar-refractivity contribution in [3.8, 4) is 22.5 Å². The van der Waals surface area contributed by atoms with Crippen molar-refractivity contribution < 1.29 is 4.74 Å². The van der Waals surface area contributed by atoms with Crippen LogP contribution in [0.15, 0.2) is 48.5 Å². The number of hydrogen-bond donors (Lipinski definition) is 0. The Morgan fingerprint density at radius 2 is 1.79 bits per heavy atom. The van der Waals surface area contributed by atoms with E-state index >= 15 is 0 Å². The first-order valence-electron chi connectivity index (χ1n) is 8.56. The van der Waals surface area contributed by atoms with Gasteiger partial charge in [0.05, 0.1) is 11.8 Å². The first-order chi connectivity index (χ1) is 11.8. The van der Waals surface area contributed by atoms with Gasteiger partial charge in [-0.3, -0.25) is 0 Å². The first kappa shape index (κ1) is 15.1. The maximum Gasteiger partial charge on any atom is 0.121 e. The Kier molecular flexibility index (Phi) is 3.90. The highest BCUT2D eigenvalue weighted by Gasteiger charge is 2.27. The van der Waals surface area contributed by atoms with Gasteiger partial charge in [-0.2, -0.15) is 0 Å². The molecular formula is C20H21N3O. The third kappa shape index (κ3) is 2.34. The molecule has 4 heteroatoms. The van der Waals surface area contributed by atoms with Gasteiger partial charge in [0.25, 0.3) is 0 Å². The zero-order chi connectivity index (χ0) is 16.5. The summed E-state index contributed by atoms with van der Waals surface area (Å²) in [7, 11) is 0. The summed E-state index contributed by atoms with van der Waals surface area (Å²) in [6.07, 6.45) is 0.889. The van der Waals surface area contributed by atoms with E-state index in [1.165, 1.54) is 16.7 Å². The lowest BCUT2D eigenvalue weighted by atomic mass is 9.87. The Hall–Kier alpha value is -2.46. The number of rotatable bonds is 3. The highest BCUT2D eigenvalue weighted by molar-refractivity contribution is 5.82. The fourth-order valence-corrected chi connectivity index (χ4v) is 3.56. The number of fused-ring (bicyclic) bond motifs is 5. The summed E-state index contributed by atoms with van der Waals surface area (Å²) in [5.41, 5.74) is 6.86. The molecule has 0 aliphatic heterocycles. The summed E-state index contributed by atoms with van der Waals surface area (Å²) < 4.78 is 8.10. The van der Waals surface area contributed by atoms with Gasteiger partial charge in [-0.25, -0.2) is 4.68 Å². The molecule has 0 spiro atoms. The minimum atomic E-state index is 0.0423. The van der Waals surface area contributed by atoms with Crippen LogP contribution in [0.1, 0.15) is 31.1 Å². The highest BCUT2D eigenvalue weighted by Crippen LogP contribution is 2.41. The Morgan fingerprint density at radius 3 is 2.58 bits per heavy atom. The fraction of sp³-hybridized carbons (Fsp3) is 0.300. The molecule has 1 atom stereocenters. The molecule has 3 aromatic rings. The number of nitrogens with zero attached hydrogens (tertiary/aromatic N) is 3. The fourth-order valence-electron chi connectivity index (χ4n) is 3.56. The molecule has 0 saturated heterocycles. The van der Waals surface area contributed by atoms with Gasteiger partial charge in [0, 0.05) is 30.7 Å². The monoisotopic (exact) mass is 319 g/mol. The third-order valence-electron chi connectivity index (χ3n) is 4.64. The van der Waals surface area contributed by atoms with Crippen LogP contribution in [0, 0.1) is 0 Å². The van der Waals surface area contributed by atoms with Gasteiger partial charge < -0.3 is 4.74 Å². The van der Waals surface area contributed by atoms with Gasteiger partial charge in [-0.15, -0.1) is 5.10 Å². The molecular weight excluding hydrogens is 298 g/mol. The van der Waals surface area contributed by atoms with Crippen LogP contribution in [0.3, 0.4) is 0 Å². The minimum absolute atomic E-state index is 0.0423. The van der Waals surface area contributed by atoms with Gasteiger partial charge in [0.2, 0.25) is 0 Å². The standard InChI is InChI=1S/C20H21N3O/c1-3-23-20-17-12-8-7-11-16(17)18(24-4-2)13-14-9-5-6-10-15(14)19(20)21-22-23/h5-12,18H,3-4,13H2,1-2H3. The molecule has 0 N–H and O–H groups in total. The van der Waals surface area contributed by atoms with Crippen LogP contribution in [-0.4, -0.2) is 21.6 Å². The molecule has 0 radical (unpaired) electrons. The molecule has 1 unspecified atom stereocenters. The predicted octanol–water partition coefficient (Wildman–Crippen LogP) is 4.27. The minimum Gasteiger partial charge on any atom is -0.373 e. The van der Waals surface area contributed by atoms with Crippen molar-refractivity contribution >= 4 is 0 Å². The second-order valence-corrected chi connectivity index (χ2v) is 5.99. The van der Waals surface area contributed by atoms with Crippen molar-refractivity contribution in [2.45, 2.75) is 32.9 Å². The molecule has 1 aliphatic rings. The Balaban J connectivity index is 2.05. The molecule has 4 nitrogen and oxygen atoms in total. The van der Waals surface area contributed by atoms with E-state index in [1.54, 1.807) is 0 Å². The van der Waals surface area contributed by atoms with Crippen LogP contribution < -0.4 is 0 Å². The van der Waals surface area contributed by atoms with Crippen LogP contribution in [0.5, 0.6) is 0 Å². The van der Waals surface area contributed by atoms with Gasteiger partial charge in [-0.1, -0.05) is 53.7 Å². The zero-order valence-corrected chi connectivity index (χ0v) is 14.1. The first-order valence-corrected chi connectivity index (χ1v) is 8.56. The van der Waals surface area contributed by atoms with Crippen molar-refractivity contribution in [1.29, 1.82) is 0 Å². The molecule has 122 valence electrons. The number of aromatic nitrogens is 3. The molecule has 2 aromatic carbocycles. The predicted molar refractivity (Wildman–Crippen MR) is 94.6 cm³/mol. The van der Waals surface area contributed by atoms with E-state index in [2.05, 4.69) is 72.7 Å². The number of hydrogen-bond acceptors (Lipinski definition) is 3. The Morgan fingerprint density at radius 1 is 1.04 bits per heavy atom. The quantitative estimate of drug-likeness (QED) is 0.724. The normalized spacial score (nSPS) is 15.8. The van der Waals surface area contributed by atoms with Crippen molar-refractivity contribution in [3.63, 3.8) is 0 Å². The van der Waals surface area contributed by atoms with E-state index < -0.39 is 0 Å². The molecule has 0 saturated carbocycles. The van der Waals surface area contributed by atoms with E-state index in [9.17, 15) is 0 Å². The summed E-state index contributed by atoms with van der Waals surface area (Å²) in [5, 5.41) is 8.91. The van der Waals surface area contributed by atoms with Crippen LogP contribution in [0.25, 0.3) is 22.5 Å². The Bertz CT molecular complexity index is 869. The summed E-state index contributed by atoms with van der Waals surface area (Å²) >= 11 is 0. The lowest BCUT2D eigenvalue weighted by Gasteiger charge is -2.25. The number of benzene rings is 2. The van der Waals surface area contributed by atoms with Crippen LogP contribution >= 0.6 is 0 Å². The van der Waals surface area contributed by atoms with Crippen LogP contribution in [0.4, 0.5) is 0 Å². The van der Waals surface area contributed by atoms with Gasteiger partial charge in [-0.05, 0) is 25.0 Å².